The molecule has 0 aromatic heterocycles. The zero-order valence-electron chi connectivity index (χ0n) is 11.4. The van der Waals surface area contributed by atoms with Gasteiger partial charge < -0.3 is 5.32 Å². The SMILES string of the molecule is CCCNC(CC(C)C)C1CCCCS1(=O)=O. The lowest BCUT2D eigenvalue weighted by Crippen LogP contribution is -2.47. The summed E-state index contributed by atoms with van der Waals surface area (Å²) in [5.41, 5.74) is 0. The van der Waals surface area contributed by atoms with Gasteiger partial charge in [0.1, 0.15) is 0 Å². The molecule has 1 heterocycles. The molecule has 0 aromatic rings. The van der Waals surface area contributed by atoms with Crippen LogP contribution in [0.1, 0.15) is 52.9 Å². The lowest BCUT2D eigenvalue weighted by atomic mass is 9.97. The first-order valence-electron chi connectivity index (χ1n) is 6.92. The van der Waals surface area contributed by atoms with E-state index in [4.69, 9.17) is 0 Å². The van der Waals surface area contributed by atoms with E-state index in [1.165, 1.54) is 0 Å². The third-order valence-electron chi connectivity index (χ3n) is 3.46. The summed E-state index contributed by atoms with van der Waals surface area (Å²) in [4.78, 5) is 0. The Bertz CT molecular complexity index is 311. The Morgan fingerprint density at radius 3 is 2.53 bits per heavy atom. The molecule has 0 aromatic carbocycles. The van der Waals surface area contributed by atoms with E-state index in [1.807, 2.05) is 0 Å². The summed E-state index contributed by atoms with van der Waals surface area (Å²) in [6.45, 7) is 7.37. The van der Waals surface area contributed by atoms with Crippen LogP contribution in [0.4, 0.5) is 0 Å². The molecule has 2 unspecified atom stereocenters. The van der Waals surface area contributed by atoms with E-state index in [1.54, 1.807) is 0 Å². The molecule has 0 aliphatic carbocycles. The second-order valence-corrected chi connectivity index (χ2v) is 7.93. The Labute approximate surface area is 106 Å². The monoisotopic (exact) mass is 261 g/mol. The average molecular weight is 261 g/mol. The van der Waals surface area contributed by atoms with Crippen LogP contribution in [0.25, 0.3) is 0 Å². The molecule has 1 saturated heterocycles. The van der Waals surface area contributed by atoms with Crippen molar-refractivity contribution in [3.8, 4) is 0 Å². The van der Waals surface area contributed by atoms with Gasteiger partial charge in [-0.3, -0.25) is 0 Å². The van der Waals surface area contributed by atoms with Gasteiger partial charge >= 0.3 is 0 Å². The zero-order valence-corrected chi connectivity index (χ0v) is 12.2. The van der Waals surface area contributed by atoms with Crippen LogP contribution >= 0.6 is 0 Å². The van der Waals surface area contributed by atoms with E-state index < -0.39 is 9.84 Å². The van der Waals surface area contributed by atoms with Crippen molar-refractivity contribution in [3.63, 3.8) is 0 Å². The molecule has 1 aliphatic rings. The van der Waals surface area contributed by atoms with Crippen LogP contribution < -0.4 is 5.32 Å². The van der Waals surface area contributed by atoms with Gasteiger partial charge in [0.15, 0.2) is 9.84 Å². The maximum absolute atomic E-state index is 12.1. The molecule has 0 spiro atoms. The molecule has 2 atom stereocenters. The van der Waals surface area contributed by atoms with Crippen molar-refractivity contribution in [3.05, 3.63) is 0 Å². The maximum atomic E-state index is 12.1. The van der Waals surface area contributed by atoms with Crippen molar-refractivity contribution in [1.29, 1.82) is 0 Å². The van der Waals surface area contributed by atoms with Gasteiger partial charge in [-0.05, 0) is 38.1 Å². The van der Waals surface area contributed by atoms with Crippen molar-refractivity contribution in [2.24, 2.45) is 5.92 Å². The van der Waals surface area contributed by atoms with Gasteiger partial charge in [0.25, 0.3) is 0 Å². The molecular weight excluding hydrogens is 234 g/mol. The molecule has 17 heavy (non-hydrogen) atoms. The minimum atomic E-state index is -2.86. The van der Waals surface area contributed by atoms with Gasteiger partial charge in [-0.15, -0.1) is 0 Å². The molecule has 3 nitrogen and oxygen atoms in total. The van der Waals surface area contributed by atoms with Crippen molar-refractivity contribution in [2.75, 3.05) is 12.3 Å². The predicted octanol–water partition coefficient (Wildman–Crippen LogP) is 2.37. The first-order chi connectivity index (χ1) is 7.97. The first-order valence-corrected chi connectivity index (χ1v) is 8.64. The maximum Gasteiger partial charge on any atom is 0.154 e. The fourth-order valence-electron chi connectivity index (χ4n) is 2.64. The number of hydrogen-bond donors (Lipinski definition) is 1. The highest BCUT2D eigenvalue weighted by Gasteiger charge is 2.35. The predicted molar refractivity (Wildman–Crippen MR) is 73.0 cm³/mol. The van der Waals surface area contributed by atoms with E-state index in [0.29, 0.717) is 11.7 Å². The largest absolute Gasteiger partial charge is 0.313 e. The molecule has 102 valence electrons. The average Bonchev–Trinajstić information content (AvgIpc) is 2.23. The Kier molecular flexibility index (Phi) is 5.93. The second kappa shape index (κ2) is 6.74. The van der Waals surface area contributed by atoms with Gasteiger partial charge in [0.05, 0.1) is 11.0 Å². The smallest absolute Gasteiger partial charge is 0.154 e. The van der Waals surface area contributed by atoms with Crippen LogP contribution in [0.5, 0.6) is 0 Å². The summed E-state index contributed by atoms with van der Waals surface area (Å²) in [6.07, 6.45) is 4.77. The third kappa shape index (κ3) is 4.59. The van der Waals surface area contributed by atoms with E-state index >= 15 is 0 Å². The molecule has 0 bridgehead atoms. The summed E-state index contributed by atoms with van der Waals surface area (Å²) in [5, 5.41) is 3.30. The number of sulfone groups is 1. The van der Waals surface area contributed by atoms with Crippen molar-refractivity contribution in [2.45, 2.75) is 64.2 Å². The van der Waals surface area contributed by atoms with Gasteiger partial charge in [0, 0.05) is 6.04 Å². The summed E-state index contributed by atoms with van der Waals surface area (Å²) in [7, 11) is -2.86. The van der Waals surface area contributed by atoms with Crippen molar-refractivity contribution >= 4 is 9.84 Å². The Morgan fingerprint density at radius 1 is 1.29 bits per heavy atom. The van der Waals surface area contributed by atoms with Gasteiger partial charge in [0.2, 0.25) is 0 Å². The third-order valence-corrected chi connectivity index (χ3v) is 5.80. The van der Waals surface area contributed by atoms with Crippen LogP contribution in [-0.2, 0) is 9.84 Å². The van der Waals surface area contributed by atoms with Gasteiger partial charge in [-0.1, -0.05) is 27.2 Å². The number of nitrogens with one attached hydrogen (secondary N) is 1. The second-order valence-electron chi connectivity index (χ2n) is 5.59. The number of rotatable bonds is 6. The molecule has 0 radical (unpaired) electrons. The summed E-state index contributed by atoms with van der Waals surface area (Å²) in [6, 6.07) is 0.153. The molecule has 0 saturated carbocycles. The minimum Gasteiger partial charge on any atom is -0.313 e. The molecule has 0 amide bonds. The van der Waals surface area contributed by atoms with Gasteiger partial charge in [-0.2, -0.15) is 0 Å². The van der Waals surface area contributed by atoms with E-state index in [2.05, 4.69) is 26.1 Å². The summed E-state index contributed by atoms with van der Waals surface area (Å²) >= 11 is 0. The fraction of sp³-hybridized carbons (Fsp3) is 1.00. The Morgan fingerprint density at radius 2 is 2.00 bits per heavy atom. The molecule has 1 rings (SSSR count). The molecule has 4 heteroatoms. The molecular formula is C13H27NO2S. The topological polar surface area (TPSA) is 46.2 Å². The minimum absolute atomic E-state index is 0.148. The highest BCUT2D eigenvalue weighted by Crippen LogP contribution is 2.25. The van der Waals surface area contributed by atoms with E-state index in [-0.39, 0.29) is 11.3 Å². The van der Waals surface area contributed by atoms with Crippen LogP contribution in [0, 0.1) is 5.92 Å². The van der Waals surface area contributed by atoms with Crippen LogP contribution in [0.3, 0.4) is 0 Å². The highest BCUT2D eigenvalue weighted by atomic mass is 32.2. The van der Waals surface area contributed by atoms with Crippen molar-refractivity contribution < 1.29 is 8.42 Å². The normalized spacial score (nSPS) is 26.0. The Hall–Kier alpha value is -0.0900. The standard InChI is InChI=1S/C13H27NO2S/c1-4-8-14-12(10-11(2)3)13-7-5-6-9-17(13,15)16/h11-14H,4-10H2,1-3H3. The highest BCUT2D eigenvalue weighted by molar-refractivity contribution is 7.92. The molecule has 1 fully saturated rings. The van der Waals surface area contributed by atoms with E-state index in [9.17, 15) is 8.42 Å². The van der Waals surface area contributed by atoms with Gasteiger partial charge in [-0.25, -0.2) is 8.42 Å². The van der Waals surface area contributed by atoms with Crippen LogP contribution in [0.2, 0.25) is 0 Å². The summed E-state index contributed by atoms with van der Waals surface area (Å²) < 4.78 is 24.3. The fourth-order valence-corrected chi connectivity index (χ4v) is 4.78. The Balaban J connectivity index is 2.72. The molecule has 1 N–H and O–H groups in total. The zero-order chi connectivity index (χ0) is 12.9. The van der Waals surface area contributed by atoms with E-state index in [0.717, 1.165) is 38.6 Å². The molecule has 1 aliphatic heterocycles. The first kappa shape index (κ1) is 15.0. The lowest BCUT2D eigenvalue weighted by Gasteiger charge is -2.32. The van der Waals surface area contributed by atoms with Crippen LogP contribution in [0.15, 0.2) is 0 Å². The quantitative estimate of drug-likeness (QED) is 0.798. The lowest BCUT2D eigenvalue weighted by molar-refractivity contribution is 0.377. The van der Waals surface area contributed by atoms with Crippen molar-refractivity contribution in [1.82, 2.24) is 5.32 Å². The summed E-state index contributed by atoms with van der Waals surface area (Å²) in [5.74, 6) is 0.932. The number of hydrogen-bond acceptors (Lipinski definition) is 3. The van der Waals surface area contributed by atoms with Crippen LogP contribution in [-0.4, -0.2) is 32.0 Å².